The van der Waals surface area contributed by atoms with Crippen molar-refractivity contribution in [3.05, 3.63) is 53.9 Å². The Morgan fingerprint density at radius 1 is 1.12 bits per heavy atom. The summed E-state index contributed by atoms with van der Waals surface area (Å²) in [5.74, 6) is -0.157. The lowest BCUT2D eigenvalue weighted by Crippen LogP contribution is -2.03. The topological polar surface area (TPSA) is 67.0 Å². The van der Waals surface area contributed by atoms with Gasteiger partial charge in [0.15, 0.2) is 9.84 Å². The van der Waals surface area contributed by atoms with Gasteiger partial charge in [-0.3, -0.25) is 4.79 Å². The van der Waals surface area contributed by atoms with E-state index < -0.39 is 9.84 Å². The highest BCUT2D eigenvalue weighted by molar-refractivity contribution is 7.90. The lowest BCUT2D eigenvalue weighted by molar-refractivity contribution is 0.103. The van der Waals surface area contributed by atoms with Crippen LogP contribution in [-0.2, 0) is 9.84 Å². The van der Waals surface area contributed by atoms with Gasteiger partial charge in [0, 0.05) is 18.0 Å². The van der Waals surface area contributed by atoms with E-state index in [1.807, 2.05) is 0 Å². The number of carbonyl (C=O) groups is 1. The van der Waals surface area contributed by atoms with E-state index in [0.717, 1.165) is 6.26 Å². The number of ketones is 1. The van der Waals surface area contributed by atoms with Crippen molar-refractivity contribution in [2.24, 2.45) is 0 Å². The van der Waals surface area contributed by atoms with E-state index in [1.54, 1.807) is 18.3 Å². The molecule has 17 heavy (non-hydrogen) atoms. The SMILES string of the molecule is CS(=O)(=O)c1ccc(C(=O)c2ccc[nH]2)cc1. The summed E-state index contributed by atoms with van der Waals surface area (Å²) in [5, 5.41) is 0. The largest absolute Gasteiger partial charge is 0.359 e. The van der Waals surface area contributed by atoms with Gasteiger partial charge in [0.25, 0.3) is 0 Å². The van der Waals surface area contributed by atoms with Gasteiger partial charge in [-0.15, -0.1) is 0 Å². The number of hydrogen-bond acceptors (Lipinski definition) is 3. The van der Waals surface area contributed by atoms with Crippen LogP contribution in [0, 0.1) is 0 Å². The summed E-state index contributed by atoms with van der Waals surface area (Å²) in [4.78, 5) is 14.9. The summed E-state index contributed by atoms with van der Waals surface area (Å²) in [5.41, 5.74) is 0.942. The molecule has 0 fully saturated rings. The molecule has 0 aliphatic rings. The van der Waals surface area contributed by atoms with Crippen molar-refractivity contribution in [2.75, 3.05) is 6.26 Å². The number of nitrogens with one attached hydrogen (secondary N) is 1. The lowest BCUT2D eigenvalue weighted by atomic mass is 10.1. The minimum atomic E-state index is -3.22. The van der Waals surface area contributed by atoms with Crippen LogP contribution in [0.15, 0.2) is 47.5 Å². The Morgan fingerprint density at radius 3 is 2.24 bits per heavy atom. The predicted molar refractivity (Wildman–Crippen MR) is 63.8 cm³/mol. The predicted octanol–water partition coefficient (Wildman–Crippen LogP) is 1.65. The summed E-state index contributed by atoms with van der Waals surface area (Å²) >= 11 is 0. The van der Waals surface area contributed by atoms with Crippen LogP contribution in [-0.4, -0.2) is 25.4 Å². The molecule has 5 heteroatoms. The first-order valence-corrected chi connectivity index (χ1v) is 6.86. The second kappa shape index (κ2) is 4.18. The Hall–Kier alpha value is -1.88. The zero-order valence-electron chi connectivity index (χ0n) is 9.17. The van der Waals surface area contributed by atoms with Crippen molar-refractivity contribution in [1.82, 2.24) is 4.98 Å². The zero-order valence-corrected chi connectivity index (χ0v) is 9.99. The van der Waals surface area contributed by atoms with Crippen LogP contribution >= 0.6 is 0 Å². The fourth-order valence-corrected chi connectivity index (χ4v) is 2.11. The Bertz CT molecular complexity index is 625. The average Bonchev–Trinajstić information content (AvgIpc) is 2.80. The molecule has 0 atom stereocenters. The maximum atomic E-state index is 11.9. The molecule has 88 valence electrons. The molecule has 0 spiro atoms. The van der Waals surface area contributed by atoms with Crippen LogP contribution in [0.4, 0.5) is 0 Å². The first-order valence-electron chi connectivity index (χ1n) is 4.97. The van der Waals surface area contributed by atoms with Crippen molar-refractivity contribution in [3.63, 3.8) is 0 Å². The standard InChI is InChI=1S/C12H11NO3S/c1-17(15,16)10-6-4-9(5-7-10)12(14)11-3-2-8-13-11/h2-8,13H,1H3. The van der Waals surface area contributed by atoms with E-state index in [1.165, 1.54) is 24.3 Å². The fraction of sp³-hybridized carbons (Fsp3) is 0.0833. The first kappa shape index (κ1) is 11.6. The fourth-order valence-electron chi connectivity index (χ4n) is 1.48. The average molecular weight is 249 g/mol. The van der Waals surface area contributed by atoms with E-state index in [9.17, 15) is 13.2 Å². The van der Waals surface area contributed by atoms with E-state index in [0.29, 0.717) is 11.3 Å². The van der Waals surface area contributed by atoms with E-state index in [2.05, 4.69) is 4.98 Å². The van der Waals surface area contributed by atoms with Crippen molar-refractivity contribution in [1.29, 1.82) is 0 Å². The van der Waals surface area contributed by atoms with Crippen LogP contribution in [0.2, 0.25) is 0 Å². The highest BCUT2D eigenvalue weighted by Gasteiger charge is 2.11. The number of aromatic nitrogens is 1. The minimum Gasteiger partial charge on any atom is -0.359 e. The molecular weight excluding hydrogens is 238 g/mol. The Kier molecular flexibility index (Phi) is 2.85. The molecule has 2 rings (SSSR count). The van der Waals surface area contributed by atoms with Gasteiger partial charge in [-0.25, -0.2) is 8.42 Å². The van der Waals surface area contributed by atoms with Gasteiger partial charge in [0.2, 0.25) is 5.78 Å². The third-order valence-corrected chi connectivity index (χ3v) is 3.52. The van der Waals surface area contributed by atoms with Crippen LogP contribution in [0.25, 0.3) is 0 Å². The number of carbonyl (C=O) groups excluding carboxylic acids is 1. The van der Waals surface area contributed by atoms with E-state index in [-0.39, 0.29) is 10.7 Å². The Labute approximate surface area is 99.2 Å². The maximum absolute atomic E-state index is 11.9. The summed E-state index contributed by atoms with van der Waals surface area (Å²) in [6.45, 7) is 0. The molecule has 1 aromatic heterocycles. The van der Waals surface area contributed by atoms with Crippen molar-refractivity contribution >= 4 is 15.6 Å². The van der Waals surface area contributed by atoms with Crippen LogP contribution < -0.4 is 0 Å². The van der Waals surface area contributed by atoms with Crippen molar-refractivity contribution in [2.45, 2.75) is 4.90 Å². The van der Waals surface area contributed by atoms with E-state index >= 15 is 0 Å². The van der Waals surface area contributed by atoms with E-state index in [4.69, 9.17) is 0 Å². The molecule has 2 aromatic rings. The molecule has 0 unspecified atom stereocenters. The van der Waals surface area contributed by atoms with Crippen molar-refractivity contribution in [3.8, 4) is 0 Å². The maximum Gasteiger partial charge on any atom is 0.209 e. The number of H-pyrrole nitrogens is 1. The molecule has 0 saturated carbocycles. The number of sulfone groups is 1. The third-order valence-electron chi connectivity index (χ3n) is 2.39. The quantitative estimate of drug-likeness (QED) is 0.841. The highest BCUT2D eigenvalue weighted by atomic mass is 32.2. The van der Waals surface area contributed by atoms with Gasteiger partial charge in [-0.2, -0.15) is 0 Å². The second-order valence-electron chi connectivity index (χ2n) is 3.71. The van der Waals surface area contributed by atoms with Gasteiger partial charge < -0.3 is 4.98 Å². The normalized spacial score (nSPS) is 11.4. The van der Waals surface area contributed by atoms with Crippen LogP contribution in [0.5, 0.6) is 0 Å². The van der Waals surface area contributed by atoms with Gasteiger partial charge in [0.05, 0.1) is 10.6 Å². The number of benzene rings is 1. The molecule has 1 aromatic carbocycles. The summed E-state index contributed by atoms with van der Waals surface area (Å²) < 4.78 is 22.5. The lowest BCUT2D eigenvalue weighted by Gasteiger charge is -2.01. The summed E-state index contributed by atoms with van der Waals surface area (Å²) in [7, 11) is -3.22. The van der Waals surface area contributed by atoms with Crippen LogP contribution in [0.3, 0.4) is 0 Å². The zero-order chi connectivity index (χ0) is 12.5. The minimum absolute atomic E-state index is 0.157. The Balaban J connectivity index is 2.34. The van der Waals surface area contributed by atoms with Gasteiger partial charge in [-0.05, 0) is 36.4 Å². The smallest absolute Gasteiger partial charge is 0.209 e. The molecule has 4 nitrogen and oxygen atoms in total. The molecule has 0 aliphatic heterocycles. The number of rotatable bonds is 3. The summed E-state index contributed by atoms with van der Waals surface area (Å²) in [6, 6.07) is 9.31. The van der Waals surface area contributed by atoms with Crippen LogP contribution in [0.1, 0.15) is 16.1 Å². The molecule has 0 amide bonds. The van der Waals surface area contributed by atoms with Gasteiger partial charge >= 0.3 is 0 Å². The second-order valence-corrected chi connectivity index (χ2v) is 5.73. The molecule has 0 aliphatic carbocycles. The number of aromatic amines is 1. The molecule has 0 radical (unpaired) electrons. The van der Waals surface area contributed by atoms with Gasteiger partial charge in [0.1, 0.15) is 0 Å². The molecule has 0 bridgehead atoms. The molecule has 0 saturated heterocycles. The third kappa shape index (κ3) is 2.45. The number of hydrogen-bond donors (Lipinski definition) is 1. The highest BCUT2D eigenvalue weighted by Crippen LogP contribution is 2.13. The molecule has 1 heterocycles. The summed E-state index contributed by atoms with van der Waals surface area (Å²) in [6.07, 6.45) is 2.80. The van der Waals surface area contributed by atoms with Crippen molar-refractivity contribution < 1.29 is 13.2 Å². The Morgan fingerprint density at radius 2 is 1.76 bits per heavy atom. The molecule has 1 N–H and O–H groups in total. The molecular formula is C12H11NO3S. The van der Waals surface area contributed by atoms with Gasteiger partial charge in [-0.1, -0.05) is 0 Å². The monoisotopic (exact) mass is 249 g/mol. The first-order chi connectivity index (χ1) is 7.98.